The first-order chi connectivity index (χ1) is 47.0. The van der Waals surface area contributed by atoms with Crippen LogP contribution in [-0.2, 0) is 37.6 Å². The fourth-order valence-corrected chi connectivity index (χ4v) is 13.3. The number of aliphatic hydroxyl groups excluding tert-OH is 1. The fraction of sp³-hybridized carbons (Fsp3) is 0.459. The van der Waals surface area contributed by atoms with Crippen LogP contribution in [0.15, 0.2) is 164 Å². The van der Waals surface area contributed by atoms with Gasteiger partial charge in [0.15, 0.2) is 17.3 Å². The van der Waals surface area contributed by atoms with E-state index >= 15 is 0 Å². The molecule has 0 heterocycles. The van der Waals surface area contributed by atoms with Crippen LogP contribution in [0.3, 0.4) is 0 Å². The van der Waals surface area contributed by atoms with Crippen molar-refractivity contribution in [3.8, 4) is 0 Å². The summed E-state index contributed by atoms with van der Waals surface area (Å²) in [6, 6.07) is 41.0. The molecule has 10 rings (SSSR count). The number of hydrogen-bond donors (Lipinski definition) is 2. The van der Waals surface area contributed by atoms with Crippen molar-refractivity contribution in [2.75, 3.05) is 26.5 Å². The van der Waals surface area contributed by atoms with Crippen LogP contribution in [0.25, 0.3) is 11.1 Å². The van der Waals surface area contributed by atoms with Crippen molar-refractivity contribution >= 4 is 80.6 Å². The Labute approximate surface area is 626 Å². The number of Topliss-reactive ketones (excluding diaryl/α,β-unsaturated/α-hetero) is 3. The van der Waals surface area contributed by atoms with Crippen molar-refractivity contribution in [3.63, 3.8) is 0 Å². The third kappa shape index (κ3) is 26.8. The number of benzene rings is 5. The van der Waals surface area contributed by atoms with E-state index in [-0.39, 0.29) is 168 Å². The van der Waals surface area contributed by atoms with Crippen molar-refractivity contribution in [1.82, 2.24) is 0 Å². The second-order valence-electron chi connectivity index (χ2n) is 25.0. The molecule has 0 amide bonds. The van der Waals surface area contributed by atoms with E-state index in [0.717, 1.165) is 19.3 Å². The molecular formula is C74H87F15LiO12PS2. The van der Waals surface area contributed by atoms with Gasteiger partial charge in [0, 0.05) is 30.9 Å². The summed E-state index contributed by atoms with van der Waals surface area (Å²) in [6.45, 7) is 9.28. The molecule has 0 aromatic heterocycles. The first-order valence-corrected chi connectivity index (χ1v) is 33.8. The molecule has 12 nitrogen and oxygen atoms in total. The van der Waals surface area contributed by atoms with Crippen LogP contribution in [0.1, 0.15) is 163 Å². The number of carbonyl (C=O) groups is 6. The van der Waals surface area contributed by atoms with Gasteiger partial charge in [0.2, 0.25) is 0 Å². The van der Waals surface area contributed by atoms with Gasteiger partial charge in [0.25, 0.3) is 0 Å². The number of halogens is 15. The number of carboxylic acids is 1. The van der Waals surface area contributed by atoms with E-state index in [9.17, 15) is 99.2 Å². The maximum Gasteiger partial charge on any atom is 1.00 e. The molecule has 31 heteroatoms. The minimum absolute atomic E-state index is 0. The van der Waals surface area contributed by atoms with Crippen LogP contribution in [0.2, 0.25) is 0 Å². The number of carboxylic acid groups (broad SMARTS) is 1. The summed E-state index contributed by atoms with van der Waals surface area (Å²) < 4.78 is 217. The zero-order chi connectivity index (χ0) is 76.3. The summed E-state index contributed by atoms with van der Waals surface area (Å²) in [5.41, 5.74) is -6.89. The number of carbonyl (C=O) groups excluding carboxylic acids is 5. The Balaban J connectivity index is 0.00000123. The van der Waals surface area contributed by atoms with Gasteiger partial charge in [-0.15, -0.1) is 0 Å². The van der Waals surface area contributed by atoms with E-state index < -0.39 is 95.6 Å². The summed E-state index contributed by atoms with van der Waals surface area (Å²) in [4.78, 5) is 66.8. The predicted octanol–water partition coefficient (Wildman–Crippen LogP) is 17.4. The van der Waals surface area contributed by atoms with Gasteiger partial charge in [-0.3, -0.25) is 28.5 Å². The van der Waals surface area contributed by atoms with Crippen LogP contribution in [0.5, 0.6) is 0 Å². The molecule has 0 bridgehead atoms. The topological polar surface area (TPSA) is 208 Å². The number of hydrogen-bond acceptors (Lipinski definition) is 11. The molecule has 5 aromatic carbocycles. The molecule has 578 valence electrons. The molecule has 5 aliphatic rings. The Bertz CT molecular complexity index is 3460. The third-order valence-corrected chi connectivity index (χ3v) is 19.8. The minimum atomic E-state index is -4.42. The molecule has 2 atom stereocenters. The monoisotopic (exact) mass is 1550 g/mol. The standard InChI is InChI=1S/C14H15F3O.2C14H13F3O.C13H13F3O2.C11H9F3O.C7H15O4P.CH4O.Li.H2O.2H2S/c3*1-10(18)9-12(11-5-3-2-4-6-11)13(7-8-13)14(15,16)17;14-13(15,16)12(6-7-12)10(8-11(17)18)9-4-2-1-3-5-9;12-11(13,14)10(6-7-10)9(15)8-4-2-1-3-5-8;1-4-10-12(9,11-5-2)6-7(3)8;1-2;;;;/h2-6,12H,7-9H2,1H3;2*2-6,9H,7-8H2,1H3;1-5,10H,6-8H2,(H,17,18);1-5H,6-7H2;4-6H2,1-3H3;2H,1H3;;3*1H2/q;;;;;;;+1;;;/p-1/b;12-9+;12-9-;;;;;;;;/t12-;;;10-;;;;;;;/m0..0......./s1. The van der Waals surface area contributed by atoms with Crippen molar-refractivity contribution in [2.45, 2.75) is 161 Å². The summed E-state index contributed by atoms with van der Waals surface area (Å²) in [6.07, 6.45) is -19.6. The molecule has 5 saturated carbocycles. The molecule has 5 aliphatic carbocycles. The van der Waals surface area contributed by atoms with Gasteiger partial charge < -0.3 is 29.5 Å². The number of alkyl halides is 15. The van der Waals surface area contributed by atoms with Gasteiger partial charge in [-0.1, -0.05) is 152 Å². The van der Waals surface area contributed by atoms with E-state index in [1.807, 2.05) is 0 Å². The SMILES string of the molecule is CC(=O)/C=C(/c1ccccc1)C1(C(F)(F)F)CC1.CC(=O)/C=C(\c1ccccc1)C1(C(F)(F)F)CC1.CC(=O)C[C@@H](c1ccccc1)C1(C(F)(F)F)CC1.CCOP(=O)(CC(C)=O)OCC.CO.O=C(O)C[C@@H](c1ccccc1)C1(C(F)(F)F)CC1.O=C(c1ccccc1)C1(C(F)(F)F)CC1.S.S.[Li+].[OH-]. The van der Waals surface area contributed by atoms with E-state index in [2.05, 4.69) is 0 Å². The van der Waals surface area contributed by atoms with Crippen molar-refractivity contribution in [3.05, 3.63) is 192 Å². The van der Waals surface area contributed by atoms with Crippen molar-refractivity contribution in [2.24, 2.45) is 27.1 Å². The number of allylic oxidation sites excluding steroid dienone is 4. The van der Waals surface area contributed by atoms with Crippen LogP contribution < -0.4 is 18.9 Å². The molecule has 0 unspecified atom stereocenters. The van der Waals surface area contributed by atoms with Gasteiger partial charge in [-0.25, -0.2) is 0 Å². The summed E-state index contributed by atoms with van der Waals surface area (Å²) in [7, 11) is -2.12. The Hall–Kier alpha value is -6.28. The van der Waals surface area contributed by atoms with Gasteiger partial charge >= 0.3 is 63.3 Å². The number of aliphatic carboxylic acids is 1. The first-order valence-electron chi connectivity index (χ1n) is 32.1. The second kappa shape index (κ2) is 41.3. The van der Waals surface area contributed by atoms with E-state index in [0.29, 0.717) is 35.5 Å². The first kappa shape index (κ1) is 98.7. The van der Waals surface area contributed by atoms with E-state index in [4.69, 9.17) is 19.3 Å². The van der Waals surface area contributed by atoms with E-state index in [1.165, 1.54) is 39.8 Å². The zero-order valence-electron chi connectivity index (χ0n) is 59.0. The van der Waals surface area contributed by atoms with Gasteiger partial charge in [0.1, 0.15) is 23.1 Å². The van der Waals surface area contributed by atoms with Crippen LogP contribution in [0.4, 0.5) is 65.9 Å². The normalized spacial score (nSPS) is 17.0. The molecule has 0 aliphatic heterocycles. The number of aliphatic hydroxyl groups is 1. The average Bonchev–Trinajstić information content (AvgIpc) is 1.61. The Morgan fingerprint density at radius 3 is 0.905 bits per heavy atom. The third-order valence-electron chi connectivity index (χ3n) is 17.6. The molecule has 105 heavy (non-hydrogen) atoms. The number of rotatable bonds is 22. The molecule has 0 radical (unpaired) electrons. The number of ketones is 5. The minimum Gasteiger partial charge on any atom is -0.870 e. The van der Waals surface area contributed by atoms with Crippen LogP contribution in [-0.4, -0.2) is 108 Å². The second-order valence-corrected chi connectivity index (χ2v) is 27.1. The predicted molar refractivity (Wildman–Crippen MR) is 373 cm³/mol. The van der Waals surface area contributed by atoms with Gasteiger partial charge in [-0.2, -0.15) is 92.8 Å². The molecule has 5 aromatic rings. The molecule has 0 spiro atoms. The zero-order valence-corrected chi connectivity index (χ0v) is 61.9. The van der Waals surface area contributed by atoms with Crippen LogP contribution in [0, 0.1) is 27.1 Å². The molecular weight excluding hydrogens is 1470 g/mol. The van der Waals surface area contributed by atoms with Crippen molar-refractivity contribution < 1.29 is 143 Å². The van der Waals surface area contributed by atoms with Gasteiger partial charge in [0.05, 0.1) is 41.3 Å². The smallest absolute Gasteiger partial charge is 0.870 e. The fourth-order valence-electron chi connectivity index (χ4n) is 11.7. The summed E-state index contributed by atoms with van der Waals surface area (Å²) >= 11 is 0. The van der Waals surface area contributed by atoms with Crippen LogP contribution >= 0.6 is 34.6 Å². The quantitative estimate of drug-likeness (QED) is 0.0218. The Morgan fingerprint density at radius 1 is 0.429 bits per heavy atom. The maximum absolute atomic E-state index is 13.2. The van der Waals surface area contributed by atoms with Crippen molar-refractivity contribution in [1.29, 1.82) is 0 Å². The van der Waals surface area contributed by atoms with E-state index in [1.54, 1.807) is 153 Å². The molecule has 3 N–H and O–H groups in total. The Morgan fingerprint density at radius 2 is 0.695 bits per heavy atom. The summed E-state index contributed by atoms with van der Waals surface area (Å²) in [5, 5.41) is 15.8. The summed E-state index contributed by atoms with van der Waals surface area (Å²) in [5.74, 6) is -4.81. The molecule has 5 fully saturated rings. The molecule has 0 saturated heterocycles. The Kier molecular flexibility index (Phi) is 38.9. The largest absolute Gasteiger partial charge is 1.00 e. The maximum atomic E-state index is 13.2. The average molecular weight is 1560 g/mol. The van der Waals surface area contributed by atoms with Gasteiger partial charge in [-0.05, 0) is 151 Å².